The summed E-state index contributed by atoms with van der Waals surface area (Å²) in [7, 11) is 0. The minimum atomic E-state index is 0.969. The lowest BCUT2D eigenvalue weighted by atomic mass is 9.90. The first-order valence-electron chi connectivity index (χ1n) is 19.3. The van der Waals surface area contributed by atoms with Crippen LogP contribution in [0, 0.1) is 0 Å². The Hall–Kier alpha value is -5.20. The van der Waals surface area contributed by atoms with E-state index < -0.39 is 0 Å². The molecular formula is C52H52. The highest BCUT2D eigenvalue weighted by Gasteiger charge is 2.11. The van der Waals surface area contributed by atoms with Crippen molar-refractivity contribution >= 4 is 24.3 Å². The molecule has 0 fully saturated rings. The van der Waals surface area contributed by atoms with Crippen LogP contribution in [0.25, 0.3) is 24.3 Å². The molecule has 0 aliphatic heterocycles. The summed E-state index contributed by atoms with van der Waals surface area (Å²) in [4.78, 5) is 0. The molecule has 0 unspecified atom stereocenters. The number of rotatable bonds is 4. The van der Waals surface area contributed by atoms with Crippen molar-refractivity contribution in [1.29, 1.82) is 0 Å². The highest BCUT2D eigenvalue weighted by atomic mass is 14.2. The van der Waals surface area contributed by atoms with E-state index >= 15 is 0 Å². The summed E-state index contributed by atoms with van der Waals surface area (Å²) in [6.07, 6.45) is 54.2. The van der Waals surface area contributed by atoms with Gasteiger partial charge in [-0.25, -0.2) is 0 Å². The van der Waals surface area contributed by atoms with E-state index in [-0.39, 0.29) is 0 Å². The predicted octanol–water partition coefficient (Wildman–Crippen LogP) is 10.0. The average molecular weight is 677 g/mol. The van der Waals surface area contributed by atoms with E-state index in [1.165, 1.54) is 87.7 Å². The number of hydrogen-bond acceptors (Lipinski definition) is 0. The Bertz CT molecular complexity index is 2060. The Labute approximate surface area is 311 Å². The van der Waals surface area contributed by atoms with Gasteiger partial charge in [0.1, 0.15) is 0 Å². The van der Waals surface area contributed by atoms with E-state index in [0.29, 0.717) is 0 Å². The van der Waals surface area contributed by atoms with Crippen molar-refractivity contribution in [2.24, 2.45) is 0 Å². The molecule has 2 aromatic rings. The Morgan fingerprint density at radius 3 is 0.769 bits per heavy atom. The predicted molar refractivity (Wildman–Crippen MR) is 226 cm³/mol. The zero-order chi connectivity index (χ0) is 35.9. The minimum Gasteiger partial charge on any atom is -0.0801 e. The molecule has 0 atom stereocenters. The standard InChI is InChI=1S/C52H52/c1-37-13-5-9-17-41(37)21-25-45-33-50-31-32-52-36-47(27-23-43-19-11-7-15-39(43)3)51(35-48(52)28-24-44-20-12-8-16-40(44)4)30-29-49(45)34-46(50)26-22-42-18-10-6-14-38(42)2/h9-28,33-36H,5-8,29-32H2,1-4H3/b41-21-,42-22+,43-23-,44-24+,45-25+,46-26+,47-27+,48-28+. The van der Waals surface area contributed by atoms with Crippen LogP contribution in [0.15, 0.2) is 166 Å². The third kappa shape index (κ3) is 8.46. The molecule has 0 aromatic heterocycles. The van der Waals surface area contributed by atoms with Crippen molar-refractivity contribution in [3.63, 3.8) is 0 Å². The maximum atomic E-state index is 2.49. The molecule has 0 radical (unpaired) electrons. The van der Waals surface area contributed by atoms with E-state index in [1.54, 1.807) is 0 Å². The fourth-order valence-corrected chi connectivity index (χ4v) is 7.70. The lowest BCUT2D eigenvalue weighted by molar-refractivity contribution is 0.896. The van der Waals surface area contributed by atoms with Crippen LogP contribution >= 0.6 is 0 Å². The summed E-state index contributed by atoms with van der Waals surface area (Å²) >= 11 is 0. The van der Waals surface area contributed by atoms with E-state index in [1.807, 2.05) is 0 Å². The number of aryl methyl sites for hydroxylation is 4. The molecular weight excluding hydrogens is 625 g/mol. The van der Waals surface area contributed by atoms with Gasteiger partial charge in [-0.15, -0.1) is 0 Å². The molecule has 0 saturated heterocycles. The fraction of sp³-hybridized carbons (Fsp3) is 0.231. The van der Waals surface area contributed by atoms with Crippen LogP contribution in [0.4, 0.5) is 0 Å². The quantitative estimate of drug-likeness (QED) is 0.303. The monoisotopic (exact) mass is 676 g/mol. The number of hydrogen-bond donors (Lipinski definition) is 0. The van der Waals surface area contributed by atoms with Crippen LogP contribution in [0.3, 0.4) is 0 Å². The molecule has 10 rings (SSSR count). The van der Waals surface area contributed by atoms with E-state index in [9.17, 15) is 0 Å². The third-order valence-corrected chi connectivity index (χ3v) is 11.2. The summed E-state index contributed by atoms with van der Waals surface area (Å²) in [6.45, 7) is 8.92. The largest absolute Gasteiger partial charge is 0.0801 e. The third-order valence-electron chi connectivity index (χ3n) is 11.2. The Morgan fingerprint density at radius 2 is 0.558 bits per heavy atom. The molecule has 52 heavy (non-hydrogen) atoms. The Kier molecular flexibility index (Phi) is 11.1. The van der Waals surface area contributed by atoms with Gasteiger partial charge in [0.2, 0.25) is 0 Å². The van der Waals surface area contributed by atoms with Gasteiger partial charge in [-0.05, 0) is 167 Å². The molecule has 0 nitrogen and oxygen atoms in total. The lowest BCUT2D eigenvalue weighted by Gasteiger charge is -2.14. The number of allylic oxidation sites excluding steroid dienone is 24. The van der Waals surface area contributed by atoms with E-state index in [2.05, 4.69) is 173 Å². The average Bonchev–Trinajstić information content (AvgIpc) is 3.15. The highest BCUT2D eigenvalue weighted by Crippen LogP contribution is 2.20. The van der Waals surface area contributed by atoms with Crippen LogP contribution in [-0.2, 0) is 25.7 Å². The Balaban J connectivity index is 1.40. The van der Waals surface area contributed by atoms with Crippen LogP contribution in [0.2, 0.25) is 0 Å². The highest BCUT2D eigenvalue weighted by molar-refractivity contribution is 5.58. The summed E-state index contributed by atoms with van der Waals surface area (Å²) in [5.74, 6) is 0. The summed E-state index contributed by atoms with van der Waals surface area (Å²) in [5.41, 5.74) is 16.3. The molecule has 0 spiro atoms. The summed E-state index contributed by atoms with van der Waals surface area (Å²) < 4.78 is 0. The topological polar surface area (TPSA) is 0 Å². The lowest BCUT2D eigenvalue weighted by Crippen LogP contribution is -2.26. The zero-order valence-electron chi connectivity index (χ0n) is 31.5. The van der Waals surface area contributed by atoms with Crippen LogP contribution in [0.5, 0.6) is 0 Å². The van der Waals surface area contributed by atoms with E-state index in [4.69, 9.17) is 0 Å². The van der Waals surface area contributed by atoms with Crippen molar-refractivity contribution in [3.8, 4) is 0 Å². The first kappa shape index (κ1) is 35.2. The smallest absolute Gasteiger partial charge is 0.0160 e. The molecule has 0 amide bonds. The van der Waals surface area contributed by atoms with Gasteiger partial charge in [-0.2, -0.15) is 0 Å². The van der Waals surface area contributed by atoms with Crippen LogP contribution in [-0.4, -0.2) is 0 Å². The molecule has 2 aromatic carbocycles. The molecule has 8 aliphatic carbocycles. The van der Waals surface area contributed by atoms with Crippen LogP contribution < -0.4 is 20.9 Å². The van der Waals surface area contributed by atoms with Crippen molar-refractivity contribution in [1.82, 2.24) is 0 Å². The second kappa shape index (κ2) is 16.4. The molecule has 0 N–H and O–H groups in total. The summed E-state index contributed by atoms with van der Waals surface area (Å²) in [5, 5.41) is 5.36. The first-order chi connectivity index (χ1) is 25.4. The Morgan fingerprint density at radius 1 is 0.327 bits per heavy atom. The van der Waals surface area contributed by atoms with Gasteiger partial charge < -0.3 is 0 Å². The molecule has 4 bridgehead atoms. The van der Waals surface area contributed by atoms with Gasteiger partial charge in [0.05, 0.1) is 0 Å². The SMILES string of the molecule is CC1=CCC=C/C1=C/C=c1\cc2/c(=C/C=C3\C=CCC=C3C)cc1CCc1c/c(=C\C=C3/C=CCC=C3C)c(c/c1=C\C=C1\C=CCC=C1C)CC2. The van der Waals surface area contributed by atoms with Gasteiger partial charge in [0, 0.05) is 0 Å². The minimum absolute atomic E-state index is 0.969. The second-order valence-corrected chi connectivity index (χ2v) is 14.8. The fourth-order valence-electron chi connectivity index (χ4n) is 7.70. The van der Waals surface area contributed by atoms with Gasteiger partial charge in [0.25, 0.3) is 0 Å². The second-order valence-electron chi connectivity index (χ2n) is 14.8. The maximum absolute atomic E-state index is 2.49. The normalized spacial score (nSPS) is 23.2. The maximum Gasteiger partial charge on any atom is -0.0160 e. The molecule has 0 heterocycles. The van der Waals surface area contributed by atoms with Gasteiger partial charge in [-0.1, -0.05) is 146 Å². The van der Waals surface area contributed by atoms with Crippen molar-refractivity contribution in [2.75, 3.05) is 0 Å². The summed E-state index contributed by atoms with van der Waals surface area (Å²) in [6, 6.07) is 9.96. The van der Waals surface area contributed by atoms with Crippen molar-refractivity contribution in [3.05, 3.63) is 209 Å². The van der Waals surface area contributed by atoms with Gasteiger partial charge in [0.15, 0.2) is 0 Å². The van der Waals surface area contributed by atoms with Crippen molar-refractivity contribution in [2.45, 2.75) is 79.1 Å². The van der Waals surface area contributed by atoms with Gasteiger partial charge in [-0.3, -0.25) is 0 Å². The van der Waals surface area contributed by atoms with E-state index in [0.717, 1.165) is 51.4 Å². The molecule has 260 valence electrons. The molecule has 8 aliphatic rings. The van der Waals surface area contributed by atoms with Gasteiger partial charge >= 0.3 is 0 Å². The molecule has 0 heteroatoms. The number of benzene rings is 2. The first-order valence-corrected chi connectivity index (χ1v) is 19.3. The zero-order valence-corrected chi connectivity index (χ0v) is 31.5. The molecule has 0 saturated carbocycles. The van der Waals surface area contributed by atoms with Crippen LogP contribution in [0.1, 0.15) is 75.6 Å². The van der Waals surface area contributed by atoms with Crippen molar-refractivity contribution < 1.29 is 0 Å².